The standard InChI is InChI=1S/C18H20N4O3/c23-16(11-13-5-1-2-7-15(13)17(24)25)21-14-6-3-10-22(12-14)18-19-8-4-9-20-18/h1-2,4-5,7-9,14H,3,6,10-12H2,(H,21,23)(H,24,25). The predicted molar refractivity (Wildman–Crippen MR) is 92.5 cm³/mol. The SMILES string of the molecule is O=C(Cc1ccccc1C(=O)O)NC1CCCN(c2ncccn2)C1. The third-order valence-electron chi connectivity index (χ3n) is 4.22. The summed E-state index contributed by atoms with van der Waals surface area (Å²) in [6.07, 6.45) is 5.28. The molecule has 0 radical (unpaired) electrons. The Bertz CT molecular complexity index is 751. The zero-order valence-electron chi connectivity index (χ0n) is 13.8. The van der Waals surface area contributed by atoms with Crippen LogP contribution in [0.15, 0.2) is 42.7 Å². The first-order valence-corrected chi connectivity index (χ1v) is 8.26. The van der Waals surface area contributed by atoms with Crippen molar-refractivity contribution in [2.75, 3.05) is 18.0 Å². The zero-order valence-corrected chi connectivity index (χ0v) is 13.8. The summed E-state index contributed by atoms with van der Waals surface area (Å²) in [5, 5.41) is 12.2. The number of carbonyl (C=O) groups excluding carboxylic acids is 1. The lowest BCUT2D eigenvalue weighted by molar-refractivity contribution is -0.121. The van der Waals surface area contributed by atoms with Crippen LogP contribution in [0.3, 0.4) is 0 Å². The van der Waals surface area contributed by atoms with E-state index < -0.39 is 5.97 Å². The van der Waals surface area contributed by atoms with Crippen LogP contribution in [0, 0.1) is 0 Å². The van der Waals surface area contributed by atoms with E-state index in [0.29, 0.717) is 18.1 Å². The molecule has 1 aliphatic rings. The summed E-state index contributed by atoms with van der Waals surface area (Å²) in [5.41, 5.74) is 0.687. The van der Waals surface area contributed by atoms with E-state index in [-0.39, 0.29) is 23.9 Å². The van der Waals surface area contributed by atoms with Gasteiger partial charge in [0, 0.05) is 31.5 Å². The van der Waals surface area contributed by atoms with E-state index >= 15 is 0 Å². The Morgan fingerprint density at radius 1 is 1.20 bits per heavy atom. The van der Waals surface area contributed by atoms with Crippen molar-refractivity contribution in [3.63, 3.8) is 0 Å². The molecule has 1 aromatic heterocycles. The van der Waals surface area contributed by atoms with E-state index in [1.54, 1.807) is 36.7 Å². The number of nitrogens with one attached hydrogen (secondary N) is 1. The smallest absolute Gasteiger partial charge is 0.335 e. The molecule has 1 unspecified atom stereocenters. The molecule has 0 aliphatic carbocycles. The number of aromatic carboxylic acids is 1. The van der Waals surface area contributed by atoms with E-state index in [9.17, 15) is 14.7 Å². The van der Waals surface area contributed by atoms with Crippen LogP contribution in [0.5, 0.6) is 0 Å². The second-order valence-electron chi connectivity index (χ2n) is 6.04. The van der Waals surface area contributed by atoms with Crippen molar-refractivity contribution >= 4 is 17.8 Å². The van der Waals surface area contributed by atoms with Crippen LogP contribution in [-0.4, -0.2) is 46.1 Å². The summed E-state index contributed by atoms with van der Waals surface area (Å²) in [7, 11) is 0. The molecule has 7 nitrogen and oxygen atoms in total. The predicted octanol–water partition coefficient (Wildman–Crippen LogP) is 1.50. The number of carbonyl (C=O) groups is 2. The van der Waals surface area contributed by atoms with Crippen molar-refractivity contribution in [2.24, 2.45) is 0 Å². The van der Waals surface area contributed by atoms with Gasteiger partial charge in [0.25, 0.3) is 0 Å². The Morgan fingerprint density at radius 3 is 2.72 bits per heavy atom. The number of carboxylic acid groups (broad SMARTS) is 1. The Balaban J connectivity index is 1.61. The lowest BCUT2D eigenvalue weighted by Gasteiger charge is -2.33. The average Bonchev–Trinajstić information content (AvgIpc) is 2.63. The van der Waals surface area contributed by atoms with Crippen molar-refractivity contribution in [1.82, 2.24) is 15.3 Å². The van der Waals surface area contributed by atoms with Gasteiger partial charge in [0.2, 0.25) is 11.9 Å². The quantitative estimate of drug-likeness (QED) is 0.856. The van der Waals surface area contributed by atoms with E-state index in [4.69, 9.17) is 0 Å². The third kappa shape index (κ3) is 4.32. The summed E-state index contributed by atoms with van der Waals surface area (Å²) in [6, 6.07) is 8.36. The topological polar surface area (TPSA) is 95.4 Å². The van der Waals surface area contributed by atoms with Crippen molar-refractivity contribution < 1.29 is 14.7 Å². The Hall–Kier alpha value is -2.96. The lowest BCUT2D eigenvalue weighted by atomic mass is 10.0. The lowest BCUT2D eigenvalue weighted by Crippen LogP contribution is -2.48. The first kappa shape index (κ1) is 16.9. The number of anilines is 1. The molecule has 1 saturated heterocycles. The Kier molecular flexibility index (Phi) is 5.23. The second kappa shape index (κ2) is 7.74. The normalized spacial score (nSPS) is 17.1. The molecule has 2 heterocycles. The average molecular weight is 340 g/mol. The molecule has 0 bridgehead atoms. The first-order chi connectivity index (χ1) is 12.1. The molecule has 0 saturated carbocycles. The van der Waals surface area contributed by atoms with Gasteiger partial charge in [-0.2, -0.15) is 0 Å². The number of benzene rings is 1. The number of aromatic nitrogens is 2. The second-order valence-corrected chi connectivity index (χ2v) is 6.04. The number of carboxylic acids is 1. The fraction of sp³-hybridized carbons (Fsp3) is 0.333. The van der Waals surface area contributed by atoms with Gasteiger partial charge in [0.05, 0.1) is 12.0 Å². The summed E-state index contributed by atoms with van der Waals surface area (Å²) < 4.78 is 0. The summed E-state index contributed by atoms with van der Waals surface area (Å²) >= 11 is 0. The van der Waals surface area contributed by atoms with Crippen LogP contribution in [0.1, 0.15) is 28.8 Å². The minimum Gasteiger partial charge on any atom is -0.478 e. The van der Waals surface area contributed by atoms with Crippen LogP contribution in [0.2, 0.25) is 0 Å². The van der Waals surface area contributed by atoms with Gasteiger partial charge in [-0.3, -0.25) is 4.79 Å². The third-order valence-corrected chi connectivity index (χ3v) is 4.22. The van der Waals surface area contributed by atoms with Gasteiger partial charge in [0.15, 0.2) is 0 Å². The largest absolute Gasteiger partial charge is 0.478 e. The van der Waals surface area contributed by atoms with Crippen LogP contribution in [-0.2, 0) is 11.2 Å². The molecular weight excluding hydrogens is 320 g/mol. The number of hydrogen-bond acceptors (Lipinski definition) is 5. The van der Waals surface area contributed by atoms with Gasteiger partial charge >= 0.3 is 5.97 Å². The van der Waals surface area contributed by atoms with E-state index in [1.807, 2.05) is 0 Å². The molecule has 1 atom stereocenters. The molecular formula is C18H20N4O3. The Morgan fingerprint density at radius 2 is 1.96 bits per heavy atom. The van der Waals surface area contributed by atoms with Gasteiger partial charge in [0.1, 0.15) is 0 Å². The molecule has 25 heavy (non-hydrogen) atoms. The van der Waals surface area contributed by atoms with Gasteiger partial charge in [-0.05, 0) is 30.5 Å². The highest BCUT2D eigenvalue weighted by molar-refractivity contribution is 5.91. The molecule has 1 fully saturated rings. The minimum absolute atomic E-state index is 0.00189. The first-order valence-electron chi connectivity index (χ1n) is 8.26. The molecule has 130 valence electrons. The highest BCUT2D eigenvalue weighted by Crippen LogP contribution is 2.16. The maximum absolute atomic E-state index is 12.3. The number of piperidine rings is 1. The van der Waals surface area contributed by atoms with E-state index in [1.165, 1.54) is 6.07 Å². The van der Waals surface area contributed by atoms with Gasteiger partial charge in [-0.25, -0.2) is 14.8 Å². The molecule has 2 N–H and O–H groups in total. The fourth-order valence-electron chi connectivity index (χ4n) is 3.07. The van der Waals surface area contributed by atoms with Crippen molar-refractivity contribution in [3.8, 4) is 0 Å². The molecule has 7 heteroatoms. The van der Waals surface area contributed by atoms with Crippen LogP contribution in [0.25, 0.3) is 0 Å². The van der Waals surface area contributed by atoms with Crippen molar-refractivity contribution in [3.05, 3.63) is 53.9 Å². The number of rotatable bonds is 5. The molecule has 0 spiro atoms. The molecule has 1 amide bonds. The van der Waals surface area contributed by atoms with Crippen molar-refractivity contribution in [2.45, 2.75) is 25.3 Å². The molecule has 1 aliphatic heterocycles. The van der Waals surface area contributed by atoms with Crippen LogP contribution in [0.4, 0.5) is 5.95 Å². The fourth-order valence-corrected chi connectivity index (χ4v) is 3.07. The van der Waals surface area contributed by atoms with Crippen LogP contribution < -0.4 is 10.2 Å². The number of amides is 1. The van der Waals surface area contributed by atoms with E-state index in [2.05, 4.69) is 20.2 Å². The monoisotopic (exact) mass is 340 g/mol. The summed E-state index contributed by atoms with van der Waals surface area (Å²) in [6.45, 7) is 1.51. The number of nitrogens with zero attached hydrogens (tertiary/aromatic N) is 3. The summed E-state index contributed by atoms with van der Waals surface area (Å²) in [4.78, 5) is 34.1. The van der Waals surface area contributed by atoms with Crippen molar-refractivity contribution in [1.29, 1.82) is 0 Å². The molecule has 3 rings (SSSR count). The van der Waals surface area contributed by atoms with E-state index in [0.717, 1.165) is 19.4 Å². The highest BCUT2D eigenvalue weighted by atomic mass is 16.4. The highest BCUT2D eigenvalue weighted by Gasteiger charge is 2.23. The maximum Gasteiger partial charge on any atom is 0.335 e. The van der Waals surface area contributed by atoms with Gasteiger partial charge in [-0.1, -0.05) is 18.2 Å². The molecule has 1 aromatic carbocycles. The van der Waals surface area contributed by atoms with Gasteiger partial charge in [-0.15, -0.1) is 0 Å². The minimum atomic E-state index is -1.02. The van der Waals surface area contributed by atoms with Crippen LogP contribution >= 0.6 is 0 Å². The van der Waals surface area contributed by atoms with Gasteiger partial charge < -0.3 is 15.3 Å². The maximum atomic E-state index is 12.3. The Labute approximate surface area is 145 Å². The summed E-state index contributed by atoms with van der Waals surface area (Å²) in [5.74, 6) is -0.527. The zero-order chi connectivity index (χ0) is 17.6. The molecule has 2 aromatic rings. The number of hydrogen-bond donors (Lipinski definition) is 2.